The van der Waals surface area contributed by atoms with Crippen LogP contribution in [-0.2, 0) is 30.2 Å². The molecule has 0 unspecified atom stereocenters. The molecule has 0 atom stereocenters. The van der Waals surface area contributed by atoms with Crippen molar-refractivity contribution in [3.8, 4) is 5.75 Å². The van der Waals surface area contributed by atoms with Crippen LogP contribution >= 0.6 is 0 Å². The monoisotopic (exact) mass is 364 g/mol. The van der Waals surface area contributed by atoms with E-state index in [-0.39, 0.29) is 12.2 Å². The van der Waals surface area contributed by atoms with Crippen LogP contribution in [0.5, 0.6) is 5.75 Å². The van der Waals surface area contributed by atoms with Gasteiger partial charge in [0.25, 0.3) is 0 Å². The minimum atomic E-state index is -0.838. The third kappa shape index (κ3) is 3.71. The SMILES string of the molecule is COC(=O)c1c(OC)ccc(COC(C)=O)c1B1OC(C)(C)C(C)(C)O1. The smallest absolute Gasteiger partial charge is 0.496 e. The third-order valence-corrected chi connectivity index (χ3v) is 4.83. The molecule has 142 valence electrons. The van der Waals surface area contributed by atoms with Gasteiger partial charge in [0, 0.05) is 12.4 Å². The molecule has 1 heterocycles. The molecule has 0 saturated carbocycles. The number of methoxy groups -OCH3 is 2. The minimum Gasteiger partial charge on any atom is -0.496 e. The Morgan fingerprint density at radius 2 is 1.65 bits per heavy atom. The number of hydrogen-bond donors (Lipinski definition) is 0. The summed E-state index contributed by atoms with van der Waals surface area (Å²) in [5.74, 6) is -0.690. The lowest BCUT2D eigenvalue weighted by molar-refractivity contribution is -0.142. The second-order valence-electron chi connectivity index (χ2n) is 7.08. The number of hydrogen-bond acceptors (Lipinski definition) is 7. The second kappa shape index (κ2) is 7.29. The van der Waals surface area contributed by atoms with Crippen LogP contribution in [0.15, 0.2) is 12.1 Å². The van der Waals surface area contributed by atoms with Gasteiger partial charge < -0.3 is 23.5 Å². The normalized spacial score (nSPS) is 17.7. The highest BCUT2D eigenvalue weighted by molar-refractivity contribution is 6.64. The number of esters is 2. The van der Waals surface area contributed by atoms with Crippen molar-refractivity contribution in [1.82, 2.24) is 0 Å². The first-order valence-corrected chi connectivity index (χ1v) is 8.31. The van der Waals surface area contributed by atoms with Crippen LogP contribution in [0.3, 0.4) is 0 Å². The highest BCUT2D eigenvalue weighted by Gasteiger charge is 2.53. The van der Waals surface area contributed by atoms with E-state index in [1.807, 2.05) is 27.7 Å². The molecule has 0 aromatic heterocycles. The molecule has 1 aliphatic rings. The van der Waals surface area contributed by atoms with Crippen molar-refractivity contribution in [2.75, 3.05) is 14.2 Å². The quantitative estimate of drug-likeness (QED) is 0.583. The van der Waals surface area contributed by atoms with Crippen molar-refractivity contribution in [2.24, 2.45) is 0 Å². The lowest BCUT2D eigenvalue weighted by Crippen LogP contribution is -2.41. The molecule has 0 spiro atoms. The Morgan fingerprint density at radius 3 is 2.12 bits per heavy atom. The van der Waals surface area contributed by atoms with Gasteiger partial charge in [0.15, 0.2) is 0 Å². The molecule has 1 fully saturated rings. The molecule has 0 radical (unpaired) electrons. The van der Waals surface area contributed by atoms with E-state index in [4.69, 9.17) is 23.5 Å². The van der Waals surface area contributed by atoms with Crippen LogP contribution in [0.25, 0.3) is 0 Å². The maximum Gasteiger partial charge on any atom is 0.496 e. The van der Waals surface area contributed by atoms with Crippen molar-refractivity contribution < 1.29 is 33.1 Å². The van der Waals surface area contributed by atoms with Crippen LogP contribution < -0.4 is 10.2 Å². The third-order valence-electron chi connectivity index (χ3n) is 4.83. The van der Waals surface area contributed by atoms with Gasteiger partial charge in [-0.2, -0.15) is 0 Å². The van der Waals surface area contributed by atoms with Crippen LogP contribution in [0, 0.1) is 0 Å². The van der Waals surface area contributed by atoms with Crippen molar-refractivity contribution in [3.05, 3.63) is 23.3 Å². The fraction of sp³-hybridized carbons (Fsp3) is 0.556. The minimum absolute atomic E-state index is 0.0251. The highest BCUT2D eigenvalue weighted by Crippen LogP contribution is 2.37. The predicted molar refractivity (Wildman–Crippen MR) is 95.5 cm³/mol. The summed E-state index contributed by atoms with van der Waals surface area (Å²) < 4.78 is 27.6. The van der Waals surface area contributed by atoms with E-state index in [0.717, 1.165) is 0 Å². The first-order chi connectivity index (χ1) is 12.0. The molecule has 7 nitrogen and oxygen atoms in total. The maximum absolute atomic E-state index is 12.5. The molecule has 0 N–H and O–H groups in total. The largest absolute Gasteiger partial charge is 0.496 e. The molecular formula is C18H25BO7. The number of rotatable bonds is 5. The van der Waals surface area contributed by atoms with E-state index >= 15 is 0 Å². The Labute approximate surface area is 154 Å². The number of benzene rings is 1. The average Bonchev–Trinajstić information content (AvgIpc) is 2.78. The molecule has 1 aromatic carbocycles. The molecular weight excluding hydrogens is 339 g/mol. The van der Waals surface area contributed by atoms with E-state index in [9.17, 15) is 9.59 Å². The fourth-order valence-corrected chi connectivity index (χ4v) is 2.66. The number of carbonyl (C=O) groups is 2. The zero-order valence-electron chi connectivity index (χ0n) is 16.3. The second-order valence-corrected chi connectivity index (χ2v) is 7.08. The van der Waals surface area contributed by atoms with Gasteiger partial charge in [0.1, 0.15) is 17.9 Å². The van der Waals surface area contributed by atoms with E-state index in [2.05, 4.69) is 0 Å². The summed E-state index contributed by atoms with van der Waals surface area (Å²) in [5.41, 5.74) is 0.00815. The summed E-state index contributed by atoms with van der Waals surface area (Å²) >= 11 is 0. The summed E-state index contributed by atoms with van der Waals surface area (Å²) in [6, 6.07) is 3.34. The summed E-state index contributed by atoms with van der Waals surface area (Å²) in [4.78, 5) is 23.7. The van der Waals surface area contributed by atoms with Crippen LogP contribution in [0.4, 0.5) is 0 Å². The van der Waals surface area contributed by atoms with E-state index in [0.29, 0.717) is 16.8 Å². The molecule has 0 bridgehead atoms. The van der Waals surface area contributed by atoms with Gasteiger partial charge in [-0.15, -0.1) is 0 Å². The number of ether oxygens (including phenoxy) is 3. The predicted octanol–water partition coefficient (Wildman–Crippen LogP) is 1.84. The van der Waals surface area contributed by atoms with E-state index < -0.39 is 30.3 Å². The maximum atomic E-state index is 12.5. The Bertz CT molecular complexity index is 696. The van der Waals surface area contributed by atoms with Gasteiger partial charge in [-0.1, -0.05) is 6.07 Å². The van der Waals surface area contributed by atoms with Crippen molar-refractivity contribution in [2.45, 2.75) is 52.4 Å². The Balaban J connectivity index is 2.62. The topological polar surface area (TPSA) is 80.3 Å². The van der Waals surface area contributed by atoms with Gasteiger partial charge in [0.05, 0.1) is 25.4 Å². The van der Waals surface area contributed by atoms with Gasteiger partial charge >= 0.3 is 19.1 Å². The Hall–Kier alpha value is -2.06. The van der Waals surface area contributed by atoms with Crippen molar-refractivity contribution in [1.29, 1.82) is 0 Å². The summed E-state index contributed by atoms with van der Waals surface area (Å²) in [5, 5.41) is 0. The van der Waals surface area contributed by atoms with Gasteiger partial charge in [0.2, 0.25) is 0 Å². The average molecular weight is 364 g/mol. The van der Waals surface area contributed by atoms with Crippen LogP contribution in [0.1, 0.15) is 50.5 Å². The molecule has 1 saturated heterocycles. The molecule has 0 aliphatic carbocycles. The molecule has 1 aromatic rings. The molecule has 1 aliphatic heterocycles. The first kappa shape index (κ1) is 20.3. The van der Waals surface area contributed by atoms with Crippen molar-refractivity contribution >= 4 is 24.5 Å². The lowest BCUT2D eigenvalue weighted by Gasteiger charge is -2.32. The molecule has 0 amide bonds. The van der Waals surface area contributed by atoms with Gasteiger partial charge in [-0.3, -0.25) is 4.79 Å². The lowest BCUT2D eigenvalue weighted by atomic mass is 9.72. The van der Waals surface area contributed by atoms with E-state index in [1.165, 1.54) is 21.1 Å². The van der Waals surface area contributed by atoms with E-state index in [1.54, 1.807) is 12.1 Å². The first-order valence-electron chi connectivity index (χ1n) is 8.31. The van der Waals surface area contributed by atoms with Crippen molar-refractivity contribution in [3.63, 3.8) is 0 Å². The zero-order valence-corrected chi connectivity index (χ0v) is 16.3. The molecule has 8 heteroatoms. The molecule has 2 rings (SSSR count). The Kier molecular flexibility index (Phi) is 5.68. The standard InChI is InChI=1S/C18H25BO7/c1-11(20)24-10-12-8-9-13(22-6)14(16(21)23-7)15(12)19-25-17(2,3)18(4,5)26-19/h8-9H,10H2,1-7H3. The Morgan fingerprint density at radius 1 is 1.08 bits per heavy atom. The number of carbonyl (C=O) groups excluding carboxylic acids is 2. The summed E-state index contributed by atoms with van der Waals surface area (Å²) in [6.45, 7) is 8.95. The zero-order chi connectivity index (χ0) is 19.7. The van der Waals surface area contributed by atoms with Gasteiger partial charge in [-0.05, 0) is 39.3 Å². The highest BCUT2D eigenvalue weighted by atomic mass is 16.7. The molecule has 26 heavy (non-hydrogen) atoms. The summed E-state index contributed by atoms with van der Waals surface area (Å²) in [6.07, 6.45) is 0. The van der Waals surface area contributed by atoms with Crippen LogP contribution in [-0.4, -0.2) is 44.5 Å². The fourth-order valence-electron chi connectivity index (χ4n) is 2.66. The van der Waals surface area contributed by atoms with Gasteiger partial charge in [-0.25, -0.2) is 4.79 Å². The van der Waals surface area contributed by atoms with Crippen LogP contribution in [0.2, 0.25) is 0 Å². The summed E-state index contributed by atoms with van der Waals surface area (Å²) in [7, 11) is 1.91.